The van der Waals surface area contributed by atoms with Crippen LogP contribution in [-0.2, 0) is 4.74 Å². The highest BCUT2D eigenvalue weighted by Crippen LogP contribution is 2.18. The van der Waals surface area contributed by atoms with Crippen LogP contribution in [-0.4, -0.2) is 33.0 Å². The van der Waals surface area contributed by atoms with Crippen LogP contribution in [0.15, 0.2) is 17.6 Å². The fourth-order valence-electron chi connectivity index (χ4n) is 1.05. The van der Waals surface area contributed by atoms with E-state index in [1.807, 2.05) is 13.8 Å². The number of nitrogens with zero attached hydrogens (tertiary/aromatic N) is 4. The van der Waals surface area contributed by atoms with E-state index in [-0.39, 0.29) is 5.54 Å². The molecule has 0 amide bonds. The summed E-state index contributed by atoms with van der Waals surface area (Å²) >= 11 is 0. The van der Waals surface area contributed by atoms with Crippen molar-refractivity contribution in [1.29, 1.82) is 0 Å². The fraction of sp³-hybridized carbons (Fsp3) is 0.500. The SMILES string of the molecule is CC1(C)COC(c2ncncn2)=N1. The molecule has 0 aromatic carbocycles. The van der Waals surface area contributed by atoms with Crippen molar-refractivity contribution in [1.82, 2.24) is 15.0 Å². The highest BCUT2D eigenvalue weighted by Gasteiger charge is 2.28. The van der Waals surface area contributed by atoms with Crippen molar-refractivity contribution in [3.8, 4) is 0 Å². The average molecular weight is 178 g/mol. The van der Waals surface area contributed by atoms with Gasteiger partial charge in [0, 0.05) is 0 Å². The van der Waals surface area contributed by atoms with Crippen molar-refractivity contribution in [2.75, 3.05) is 6.61 Å². The molecule has 5 nitrogen and oxygen atoms in total. The maximum absolute atomic E-state index is 5.35. The summed E-state index contributed by atoms with van der Waals surface area (Å²) in [7, 11) is 0. The minimum Gasteiger partial charge on any atom is -0.473 e. The molecule has 0 N–H and O–H groups in total. The quantitative estimate of drug-likeness (QED) is 0.625. The summed E-state index contributed by atoms with van der Waals surface area (Å²) < 4.78 is 5.35. The van der Waals surface area contributed by atoms with Crippen LogP contribution in [0.3, 0.4) is 0 Å². The number of aromatic nitrogens is 3. The Labute approximate surface area is 75.9 Å². The minimum absolute atomic E-state index is 0.165. The molecule has 1 aliphatic rings. The van der Waals surface area contributed by atoms with E-state index in [0.717, 1.165) is 0 Å². The molecule has 0 fully saturated rings. The van der Waals surface area contributed by atoms with Gasteiger partial charge in [0.25, 0.3) is 5.90 Å². The first-order valence-electron chi connectivity index (χ1n) is 4.02. The van der Waals surface area contributed by atoms with Crippen molar-refractivity contribution in [2.24, 2.45) is 4.99 Å². The highest BCUT2D eigenvalue weighted by atomic mass is 16.5. The zero-order valence-corrected chi connectivity index (χ0v) is 7.56. The predicted molar refractivity (Wildman–Crippen MR) is 46.4 cm³/mol. The van der Waals surface area contributed by atoms with Gasteiger partial charge >= 0.3 is 0 Å². The van der Waals surface area contributed by atoms with Crippen LogP contribution < -0.4 is 0 Å². The number of aliphatic imine (C=N–C) groups is 1. The van der Waals surface area contributed by atoms with E-state index in [0.29, 0.717) is 18.3 Å². The number of ether oxygens (including phenoxy) is 1. The normalized spacial score (nSPS) is 19.4. The third kappa shape index (κ3) is 1.63. The molecule has 0 saturated heterocycles. The lowest BCUT2D eigenvalue weighted by molar-refractivity contribution is 0.278. The Morgan fingerprint density at radius 1 is 1.31 bits per heavy atom. The molecular weight excluding hydrogens is 168 g/mol. The monoisotopic (exact) mass is 178 g/mol. The first-order chi connectivity index (χ1) is 6.17. The molecule has 0 spiro atoms. The molecule has 0 unspecified atom stereocenters. The molecule has 0 aliphatic carbocycles. The van der Waals surface area contributed by atoms with Gasteiger partial charge in [0.2, 0.25) is 5.82 Å². The molecule has 2 heterocycles. The van der Waals surface area contributed by atoms with Gasteiger partial charge in [-0.15, -0.1) is 0 Å². The summed E-state index contributed by atoms with van der Waals surface area (Å²) in [6.07, 6.45) is 2.86. The second-order valence-electron chi connectivity index (χ2n) is 3.48. The van der Waals surface area contributed by atoms with E-state index in [9.17, 15) is 0 Å². The molecule has 0 bridgehead atoms. The standard InChI is InChI=1S/C8H10N4O/c1-8(2)3-13-7(12-8)6-10-4-9-5-11-6/h4-5H,3H2,1-2H3. The van der Waals surface area contributed by atoms with Gasteiger partial charge in [-0.2, -0.15) is 0 Å². The molecule has 2 rings (SSSR count). The van der Waals surface area contributed by atoms with E-state index in [1.165, 1.54) is 12.7 Å². The number of hydrogen-bond donors (Lipinski definition) is 0. The largest absolute Gasteiger partial charge is 0.473 e. The maximum Gasteiger partial charge on any atom is 0.255 e. The Bertz CT molecular complexity index is 333. The van der Waals surface area contributed by atoms with Gasteiger partial charge < -0.3 is 4.74 Å². The smallest absolute Gasteiger partial charge is 0.255 e. The van der Waals surface area contributed by atoms with Crippen LogP contribution in [0.1, 0.15) is 19.7 Å². The Morgan fingerprint density at radius 3 is 2.54 bits per heavy atom. The fourth-order valence-corrected chi connectivity index (χ4v) is 1.05. The molecule has 0 saturated carbocycles. The number of rotatable bonds is 1. The van der Waals surface area contributed by atoms with E-state index < -0.39 is 0 Å². The van der Waals surface area contributed by atoms with E-state index in [1.54, 1.807) is 0 Å². The molecule has 1 aromatic rings. The van der Waals surface area contributed by atoms with Gasteiger partial charge in [0.15, 0.2) is 0 Å². The van der Waals surface area contributed by atoms with Crippen molar-refractivity contribution in [3.05, 3.63) is 18.5 Å². The lowest BCUT2D eigenvalue weighted by Crippen LogP contribution is -2.17. The molecule has 1 aromatic heterocycles. The summed E-state index contributed by atoms with van der Waals surface area (Å²) in [4.78, 5) is 15.9. The first kappa shape index (κ1) is 8.10. The zero-order valence-electron chi connectivity index (χ0n) is 7.56. The molecule has 5 heteroatoms. The topological polar surface area (TPSA) is 60.3 Å². The summed E-state index contributed by atoms with van der Waals surface area (Å²) in [5, 5.41) is 0. The van der Waals surface area contributed by atoms with Crippen LogP contribution in [0.25, 0.3) is 0 Å². The van der Waals surface area contributed by atoms with Gasteiger partial charge in [-0.1, -0.05) is 0 Å². The van der Waals surface area contributed by atoms with Crippen LogP contribution in [0.2, 0.25) is 0 Å². The molecule has 13 heavy (non-hydrogen) atoms. The second kappa shape index (κ2) is 2.76. The zero-order chi connectivity index (χ0) is 9.31. The maximum atomic E-state index is 5.35. The van der Waals surface area contributed by atoms with Gasteiger partial charge in [0.05, 0.1) is 5.54 Å². The average Bonchev–Trinajstić information content (AvgIpc) is 2.48. The van der Waals surface area contributed by atoms with Crippen LogP contribution >= 0.6 is 0 Å². The van der Waals surface area contributed by atoms with E-state index in [4.69, 9.17) is 4.74 Å². The second-order valence-corrected chi connectivity index (χ2v) is 3.48. The van der Waals surface area contributed by atoms with Crippen molar-refractivity contribution in [2.45, 2.75) is 19.4 Å². The van der Waals surface area contributed by atoms with Gasteiger partial charge in [-0.3, -0.25) is 0 Å². The Hall–Kier alpha value is -1.52. The van der Waals surface area contributed by atoms with Crippen molar-refractivity contribution >= 4 is 5.90 Å². The lowest BCUT2D eigenvalue weighted by Gasteiger charge is -2.07. The third-order valence-electron chi connectivity index (χ3n) is 1.65. The highest BCUT2D eigenvalue weighted by molar-refractivity contribution is 5.91. The molecule has 1 aliphatic heterocycles. The van der Waals surface area contributed by atoms with Crippen LogP contribution in [0.4, 0.5) is 0 Å². The molecule has 0 atom stereocenters. The summed E-state index contributed by atoms with van der Waals surface area (Å²) in [6, 6.07) is 0. The summed E-state index contributed by atoms with van der Waals surface area (Å²) in [6.45, 7) is 4.58. The van der Waals surface area contributed by atoms with Gasteiger partial charge in [0.1, 0.15) is 19.3 Å². The van der Waals surface area contributed by atoms with Gasteiger partial charge in [-0.05, 0) is 13.8 Å². The molecule has 0 radical (unpaired) electrons. The summed E-state index contributed by atoms with van der Waals surface area (Å²) in [5.41, 5.74) is -0.165. The van der Waals surface area contributed by atoms with Crippen molar-refractivity contribution in [3.63, 3.8) is 0 Å². The Balaban J connectivity index is 2.30. The van der Waals surface area contributed by atoms with Gasteiger partial charge in [-0.25, -0.2) is 19.9 Å². The molecule has 68 valence electrons. The van der Waals surface area contributed by atoms with E-state index >= 15 is 0 Å². The third-order valence-corrected chi connectivity index (χ3v) is 1.65. The predicted octanol–water partition coefficient (Wildman–Crippen LogP) is 0.427. The summed E-state index contributed by atoms with van der Waals surface area (Å²) in [5.74, 6) is 1.01. The van der Waals surface area contributed by atoms with Crippen LogP contribution in [0.5, 0.6) is 0 Å². The van der Waals surface area contributed by atoms with Crippen LogP contribution in [0, 0.1) is 0 Å². The Kier molecular flexibility index (Phi) is 1.72. The first-order valence-corrected chi connectivity index (χ1v) is 4.02. The minimum atomic E-state index is -0.165. The lowest BCUT2D eigenvalue weighted by atomic mass is 10.1. The number of hydrogen-bond acceptors (Lipinski definition) is 5. The van der Waals surface area contributed by atoms with E-state index in [2.05, 4.69) is 19.9 Å². The van der Waals surface area contributed by atoms with Crippen molar-refractivity contribution < 1.29 is 4.74 Å². The molecular formula is C8H10N4O. The Morgan fingerprint density at radius 2 is 2.00 bits per heavy atom.